The second-order valence-electron chi connectivity index (χ2n) is 8.16. The lowest BCUT2D eigenvalue weighted by Crippen LogP contribution is -2.40. The quantitative estimate of drug-likeness (QED) is 0.348. The topological polar surface area (TPSA) is 106 Å². The van der Waals surface area contributed by atoms with Crippen LogP contribution in [0.2, 0.25) is 5.02 Å². The van der Waals surface area contributed by atoms with Crippen LogP contribution in [0.15, 0.2) is 77.8 Å². The van der Waals surface area contributed by atoms with Crippen molar-refractivity contribution in [2.75, 3.05) is 6.54 Å². The van der Waals surface area contributed by atoms with Crippen molar-refractivity contribution in [3.63, 3.8) is 0 Å². The second-order valence-corrected chi connectivity index (χ2v) is 10.3. The highest BCUT2D eigenvalue weighted by atomic mass is 35.5. The van der Waals surface area contributed by atoms with Gasteiger partial charge in [-0.05, 0) is 67.4 Å². The van der Waals surface area contributed by atoms with Crippen molar-refractivity contribution < 1.29 is 13.2 Å². The molecule has 0 saturated carbocycles. The van der Waals surface area contributed by atoms with Gasteiger partial charge in [-0.2, -0.15) is 0 Å². The summed E-state index contributed by atoms with van der Waals surface area (Å²) in [6, 6.07) is 18.6. The number of carbonyl (C=O) groups is 1. The molecule has 0 bridgehead atoms. The third-order valence-electron chi connectivity index (χ3n) is 5.51. The number of nitrogens with zero attached hydrogens (tertiary/aromatic N) is 3. The van der Waals surface area contributed by atoms with E-state index < -0.39 is 16.1 Å². The zero-order chi connectivity index (χ0) is 25.7. The lowest BCUT2D eigenvalue weighted by Gasteiger charge is -2.10. The zero-order valence-electron chi connectivity index (χ0n) is 19.9. The van der Waals surface area contributed by atoms with Crippen molar-refractivity contribution in [3.8, 4) is 17.1 Å². The van der Waals surface area contributed by atoms with Gasteiger partial charge in [0.25, 0.3) is 10.0 Å². The van der Waals surface area contributed by atoms with Crippen molar-refractivity contribution in [1.82, 2.24) is 24.6 Å². The smallest absolute Gasteiger partial charge is 0.328 e. The van der Waals surface area contributed by atoms with Gasteiger partial charge in [-0.25, -0.2) is 22.9 Å². The van der Waals surface area contributed by atoms with E-state index in [4.69, 9.17) is 16.6 Å². The van der Waals surface area contributed by atoms with Gasteiger partial charge in [-0.15, -0.1) is 0 Å². The first-order valence-corrected chi connectivity index (χ1v) is 13.3. The fourth-order valence-corrected chi connectivity index (χ4v) is 4.73. The van der Waals surface area contributed by atoms with Gasteiger partial charge in [-0.1, -0.05) is 36.7 Å². The largest absolute Gasteiger partial charge is 0.337 e. The van der Waals surface area contributed by atoms with Crippen LogP contribution in [-0.2, 0) is 22.9 Å². The van der Waals surface area contributed by atoms with E-state index in [2.05, 4.69) is 21.8 Å². The Balaban J connectivity index is 1.36. The minimum atomic E-state index is -3.97. The molecule has 4 rings (SSSR count). The Kier molecular flexibility index (Phi) is 7.71. The molecule has 4 aromatic rings. The van der Waals surface area contributed by atoms with Gasteiger partial charge >= 0.3 is 6.03 Å². The maximum atomic E-state index is 12.3. The summed E-state index contributed by atoms with van der Waals surface area (Å²) in [6.07, 6.45) is 3.30. The van der Waals surface area contributed by atoms with Gasteiger partial charge < -0.3 is 9.88 Å². The van der Waals surface area contributed by atoms with Gasteiger partial charge in [0.15, 0.2) is 0 Å². The third kappa shape index (κ3) is 6.10. The Hall–Kier alpha value is -3.69. The molecule has 10 heteroatoms. The summed E-state index contributed by atoms with van der Waals surface area (Å²) in [6.45, 7) is 4.29. The first-order valence-electron chi connectivity index (χ1n) is 11.4. The van der Waals surface area contributed by atoms with E-state index >= 15 is 0 Å². The average Bonchev–Trinajstić information content (AvgIpc) is 3.29. The molecule has 2 amide bonds. The summed E-state index contributed by atoms with van der Waals surface area (Å²) in [5.41, 5.74) is 4.57. The van der Waals surface area contributed by atoms with E-state index in [1.165, 1.54) is 24.3 Å². The number of nitrogens with one attached hydrogen (secondary N) is 2. The molecule has 0 saturated heterocycles. The number of aryl methyl sites for hydroxylation is 2. The van der Waals surface area contributed by atoms with Crippen molar-refractivity contribution in [3.05, 3.63) is 95.0 Å². The Morgan fingerprint density at radius 1 is 0.972 bits per heavy atom. The van der Waals surface area contributed by atoms with Gasteiger partial charge in [0.05, 0.1) is 10.6 Å². The molecule has 2 heterocycles. The summed E-state index contributed by atoms with van der Waals surface area (Å²) in [4.78, 5) is 21.4. The van der Waals surface area contributed by atoms with Gasteiger partial charge in [0.1, 0.15) is 11.5 Å². The summed E-state index contributed by atoms with van der Waals surface area (Å²) >= 11 is 5.78. The predicted octanol–water partition coefficient (Wildman–Crippen LogP) is 4.69. The normalized spacial score (nSPS) is 11.3. The van der Waals surface area contributed by atoms with Crippen LogP contribution in [0, 0.1) is 6.92 Å². The van der Waals surface area contributed by atoms with Gasteiger partial charge in [0.2, 0.25) is 0 Å². The number of amides is 2. The highest BCUT2D eigenvalue weighted by molar-refractivity contribution is 7.90. The van der Waals surface area contributed by atoms with E-state index in [1.54, 1.807) is 0 Å². The number of benzene rings is 2. The first-order chi connectivity index (χ1) is 17.2. The number of carbonyl (C=O) groups excluding carboxylic acids is 1. The fraction of sp³-hybridized carbons (Fsp3) is 0.192. The Morgan fingerprint density at radius 2 is 1.69 bits per heavy atom. The Morgan fingerprint density at radius 3 is 2.36 bits per heavy atom. The summed E-state index contributed by atoms with van der Waals surface area (Å²) in [5, 5.41) is 2.99. The van der Waals surface area contributed by atoms with Crippen molar-refractivity contribution in [2.24, 2.45) is 0 Å². The van der Waals surface area contributed by atoms with Crippen molar-refractivity contribution in [2.45, 2.75) is 31.6 Å². The number of rotatable bonds is 8. The average molecular weight is 524 g/mol. The molecule has 8 nitrogen and oxygen atoms in total. The molecule has 0 aliphatic carbocycles. The lowest BCUT2D eigenvalue weighted by atomic mass is 10.1. The molecular weight excluding hydrogens is 498 g/mol. The van der Waals surface area contributed by atoms with E-state index in [-0.39, 0.29) is 11.4 Å². The maximum Gasteiger partial charge on any atom is 0.328 e. The number of halogens is 1. The Labute approximate surface area is 215 Å². The molecule has 2 aromatic carbocycles. The van der Waals surface area contributed by atoms with Gasteiger partial charge in [0, 0.05) is 35.6 Å². The number of sulfonamides is 1. The summed E-state index contributed by atoms with van der Waals surface area (Å²) in [5.74, 6) is 0.932. The molecule has 36 heavy (non-hydrogen) atoms. The van der Waals surface area contributed by atoms with Crippen LogP contribution >= 0.6 is 11.6 Å². The van der Waals surface area contributed by atoms with Crippen LogP contribution in [0.5, 0.6) is 0 Å². The molecule has 0 radical (unpaired) electrons. The molecule has 0 unspecified atom stereocenters. The molecule has 0 aliphatic rings. The molecule has 2 N–H and O–H groups in total. The SMILES string of the molecule is CCc1nc(-c2cccc(C)n2)cn1-c1ccc(CCNC(=O)NS(=O)(=O)c2ccc(Cl)cc2)cc1. The molecule has 2 aromatic heterocycles. The van der Waals surface area contributed by atoms with E-state index in [0.29, 0.717) is 11.4 Å². The predicted molar refractivity (Wildman–Crippen MR) is 140 cm³/mol. The van der Waals surface area contributed by atoms with Crippen LogP contribution in [-0.4, -0.2) is 35.5 Å². The third-order valence-corrected chi connectivity index (χ3v) is 7.11. The molecule has 0 aliphatic heterocycles. The first kappa shape index (κ1) is 25.4. The number of hydrogen-bond acceptors (Lipinski definition) is 5. The minimum Gasteiger partial charge on any atom is -0.337 e. The summed E-state index contributed by atoms with van der Waals surface area (Å²) < 4.78 is 28.6. The van der Waals surface area contributed by atoms with Crippen LogP contribution in [0.1, 0.15) is 24.0 Å². The van der Waals surface area contributed by atoms with E-state index in [1.807, 2.05) is 60.3 Å². The standard InChI is InChI=1S/C26H26ClN5O3S/c1-3-25-30-24(23-6-4-5-18(2)29-23)17-32(25)21-11-7-19(8-12-21)15-16-28-26(33)31-36(34,35)22-13-9-20(27)10-14-22/h4-14,17H,3,15-16H2,1-2H3,(H2,28,31,33). The maximum absolute atomic E-state index is 12.3. The van der Waals surface area contributed by atoms with E-state index in [0.717, 1.165) is 40.6 Å². The van der Waals surface area contributed by atoms with Crippen LogP contribution in [0.3, 0.4) is 0 Å². The molecule has 0 fully saturated rings. The van der Waals surface area contributed by atoms with Gasteiger partial charge in [-0.3, -0.25) is 4.98 Å². The second kappa shape index (κ2) is 10.9. The molecule has 0 spiro atoms. The number of aromatic nitrogens is 3. The fourth-order valence-electron chi connectivity index (χ4n) is 3.68. The van der Waals surface area contributed by atoms with Crippen LogP contribution in [0.25, 0.3) is 17.1 Å². The lowest BCUT2D eigenvalue weighted by molar-refractivity contribution is 0.246. The van der Waals surface area contributed by atoms with Crippen molar-refractivity contribution >= 4 is 27.7 Å². The number of urea groups is 1. The number of hydrogen-bond donors (Lipinski definition) is 2. The van der Waals surface area contributed by atoms with Crippen LogP contribution < -0.4 is 10.0 Å². The number of pyridine rings is 1. The highest BCUT2D eigenvalue weighted by Gasteiger charge is 2.17. The highest BCUT2D eigenvalue weighted by Crippen LogP contribution is 2.21. The summed E-state index contributed by atoms with van der Waals surface area (Å²) in [7, 11) is -3.97. The van der Waals surface area contributed by atoms with E-state index in [9.17, 15) is 13.2 Å². The number of imidazole rings is 1. The molecule has 0 atom stereocenters. The minimum absolute atomic E-state index is 0.0371. The zero-order valence-corrected chi connectivity index (χ0v) is 21.5. The monoisotopic (exact) mass is 523 g/mol. The van der Waals surface area contributed by atoms with Crippen molar-refractivity contribution in [1.29, 1.82) is 0 Å². The molecular formula is C26H26ClN5O3S. The molecule has 186 valence electrons. The van der Waals surface area contributed by atoms with Crippen LogP contribution in [0.4, 0.5) is 4.79 Å². The Bertz CT molecular complexity index is 1470.